The van der Waals surface area contributed by atoms with Gasteiger partial charge in [0.15, 0.2) is 9.84 Å². The minimum atomic E-state index is -3.12. The van der Waals surface area contributed by atoms with Crippen molar-refractivity contribution in [1.29, 1.82) is 0 Å². The summed E-state index contributed by atoms with van der Waals surface area (Å²) in [6, 6.07) is 0.551. The van der Waals surface area contributed by atoms with Gasteiger partial charge in [-0.2, -0.15) is 5.10 Å². The van der Waals surface area contributed by atoms with E-state index in [9.17, 15) is 8.42 Å². The molecule has 17 heavy (non-hydrogen) atoms. The molecule has 1 saturated heterocycles. The van der Waals surface area contributed by atoms with E-state index in [4.69, 9.17) is 0 Å². The monoisotopic (exact) mass is 257 g/mol. The fourth-order valence-electron chi connectivity index (χ4n) is 2.12. The van der Waals surface area contributed by atoms with E-state index in [1.54, 1.807) is 10.9 Å². The molecule has 1 fully saturated rings. The second-order valence-corrected chi connectivity index (χ2v) is 6.66. The lowest BCUT2D eigenvalue weighted by molar-refractivity contribution is 0.360. The Morgan fingerprint density at radius 1 is 1.53 bits per heavy atom. The first-order valence-corrected chi connectivity index (χ1v) is 7.91. The number of hydrogen-bond acceptors (Lipinski definition) is 4. The molecule has 0 aliphatic carbocycles. The molecule has 1 atom stereocenters. The third-order valence-electron chi connectivity index (χ3n) is 3.16. The SMILES string of the molecule is CS(=O)(=O)c1cnn(CCC2CCCCN2)c1. The normalized spacial score (nSPS) is 21.6. The molecule has 0 aromatic carbocycles. The zero-order valence-corrected chi connectivity index (χ0v) is 10.9. The molecule has 1 aliphatic rings. The van der Waals surface area contributed by atoms with Gasteiger partial charge in [-0.3, -0.25) is 4.68 Å². The number of aromatic nitrogens is 2. The van der Waals surface area contributed by atoms with E-state index in [1.165, 1.54) is 31.7 Å². The van der Waals surface area contributed by atoms with E-state index < -0.39 is 9.84 Å². The highest BCUT2D eigenvalue weighted by Gasteiger charge is 2.13. The Morgan fingerprint density at radius 3 is 2.94 bits per heavy atom. The zero-order valence-electron chi connectivity index (χ0n) is 10.1. The van der Waals surface area contributed by atoms with Crippen LogP contribution in [-0.4, -0.2) is 37.0 Å². The first kappa shape index (κ1) is 12.6. The predicted molar refractivity (Wildman–Crippen MR) is 65.6 cm³/mol. The van der Waals surface area contributed by atoms with Crippen molar-refractivity contribution in [2.45, 2.75) is 43.2 Å². The van der Waals surface area contributed by atoms with Crippen LogP contribution >= 0.6 is 0 Å². The molecule has 96 valence electrons. The molecule has 6 heteroatoms. The summed E-state index contributed by atoms with van der Waals surface area (Å²) in [5, 5.41) is 7.54. The Hall–Kier alpha value is -0.880. The van der Waals surface area contributed by atoms with Crippen LogP contribution in [0.1, 0.15) is 25.7 Å². The lowest BCUT2D eigenvalue weighted by Crippen LogP contribution is -2.34. The van der Waals surface area contributed by atoms with E-state index in [0.717, 1.165) is 19.5 Å². The molecule has 1 aromatic heterocycles. The fraction of sp³-hybridized carbons (Fsp3) is 0.727. The highest BCUT2D eigenvalue weighted by atomic mass is 32.2. The van der Waals surface area contributed by atoms with Gasteiger partial charge in [0.25, 0.3) is 0 Å². The Kier molecular flexibility index (Phi) is 3.83. The van der Waals surface area contributed by atoms with Crippen molar-refractivity contribution in [2.24, 2.45) is 0 Å². The predicted octanol–water partition coefficient (Wildman–Crippen LogP) is 0.819. The van der Waals surface area contributed by atoms with Crippen LogP contribution in [0.4, 0.5) is 0 Å². The van der Waals surface area contributed by atoms with Gasteiger partial charge in [-0.05, 0) is 25.8 Å². The Labute approximate surface area is 102 Å². The second kappa shape index (κ2) is 5.18. The third kappa shape index (κ3) is 3.54. The van der Waals surface area contributed by atoms with Crippen molar-refractivity contribution in [2.75, 3.05) is 12.8 Å². The standard InChI is InChI=1S/C11H19N3O2S/c1-17(15,16)11-8-13-14(9-11)7-5-10-4-2-3-6-12-10/h8-10,12H,2-7H2,1H3. The molecule has 1 aromatic rings. The van der Waals surface area contributed by atoms with Gasteiger partial charge in [-0.15, -0.1) is 0 Å². The van der Waals surface area contributed by atoms with Crippen LogP contribution in [0.25, 0.3) is 0 Å². The molecule has 1 unspecified atom stereocenters. The van der Waals surface area contributed by atoms with Gasteiger partial charge >= 0.3 is 0 Å². The Bertz CT molecular complexity index is 461. The maximum atomic E-state index is 11.3. The van der Waals surface area contributed by atoms with Gasteiger partial charge < -0.3 is 5.32 Å². The Balaban J connectivity index is 1.89. The summed E-state index contributed by atoms with van der Waals surface area (Å²) in [5.41, 5.74) is 0. The molecule has 2 rings (SSSR count). The van der Waals surface area contributed by atoms with Crippen molar-refractivity contribution in [3.63, 3.8) is 0 Å². The smallest absolute Gasteiger partial charge is 0.178 e. The van der Waals surface area contributed by atoms with E-state index in [0.29, 0.717) is 10.9 Å². The molecule has 0 amide bonds. The summed E-state index contributed by atoms with van der Waals surface area (Å²) in [7, 11) is -3.12. The van der Waals surface area contributed by atoms with Crippen LogP contribution in [0, 0.1) is 0 Å². The summed E-state index contributed by atoms with van der Waals surface area (Å²) < 4.78 is 24.3. The number of hydrogen-bond donors (Lipinski definition) is 1. The summed E-state index contributed by atoms with van der Waals surface area (Å²) in [5.74, 6) is 0. The van der Waals surface area contributed by atoms with Crippen LogP contribution in [0.2, 0.25) is 0 Å². The minimum Gasteiger partial charge on any atom is -0.314 e. The van der Waals surface area contributed by atoms with Gasteiger partial charge in [-0.25, -0.2) is 8.42 Å². The van der Waals surface area contributed by atoms with E-state index in [2.05, 4.69) is 10.4 Å². The topological polar surface area (TPSA) is 64.0 Å². The van der Waals surface area contributed by atoms with E-state index in [1.807, 2.05) is 0 Å². The lowest BCUT2D eigenvalue weighted by Gasteiger charge is -2.23. The molecule has 0 saturated carbocycles. The van der Waals surface area contributed by atoms with E-state index >= 15 is 0 Å². The van der Waals surface area contributed by atoms with Crippen molar-refractivity contribution < 1.29 is 8.42 Å². The van der Waals surface area contributed by atoms with Crippen molar-refractivity contribution in [1.82, 2.24) is 15.1 Å². The molecule has 2 heterocycles. The van der Waals surface area contributed by atoms with Crippen molar-refractivity contribution >= 4 is 9.84 Å². The van der Waals surface area contributed by atoms with Gasteiger partial charge in [0, 0.05) is 25.0 Å². The summed E-state index contributed by atoms with van der Waals surface area (Å²) in [6.07, 6.45) is 8.99. The van der Waals surface area contributed by atoms with Gasteiger partial charge in [-0.1, -0.05) is 6.42 Å². The number of aryl methyl sites for hydroxylation is 1. The third-order valence-corrected chi connectivity index (χ3v) is 4.22. The Morgan fingerprint density at radius 2 is 2.35 bits per heavy atom. The quantitative estimate of drug-likeness (QED) is 0.867. The van der Waals surface area contributed by atoms with Crippen molar-refractivity contribution in [3.8, 4) is 0 Å². The first-order valence-electron chi connectivity index (χ1n) is 6.01. The van der Waals surface area contributed by atoms with Crippen LogP contribution in [-0.2, 0) is 16.4 Å². The second-order valence-electron chi connectivity index (χ2n) is 4.65. The molecule has 0 spiro atoms. The van der Waals surface area contributed by atoms with Gasteiger partial charge in [0.05, 0.1) is 6.20 Å². The average molecular weight is 257 g/mol. The molecule has 5 nitrogen and oxygen atoms in total. The zero-order chi connectivity index (χ0) is 12.3. The van der Waals surface area contributed by atoms with Crippen LogP contribution in [0.5, 0.6) is 0 Å². The maximum Gasteiger partial charge on any atom is 0.178 e. The van der Waals surface area contributed by atoms with Crippen LogP contribution in [0.3, 0.4) is 0 Å². The van der Waals surface area contributed by atoms with Gasteiger partial charge in [0.2, 0.25) is 0 Å². The lowest BCUT2D eigenvalue weighted by atomic mass is 10.0. The number of piperidine rings is 1. The van der Waals surface area contributed by atoms with Crippen LogP contribution in [0.15, 0.2) is 17.3 Å². The first-order chi connectivity index (χ1) is 8.05. The number of rotatable bonds is 4. The molecule has 1 aliphatic heterocycles. The molecule has 1 N–H and O–H groups in total. The largest absolute Gasteiger partial charge is 0.314 e. The van der Waals surface area contributed by atoms with Crippen LogP contribution < -0.4 is 5.32 Å². The minimum absolute atomic E-state index is 0.300. The summed E-state index contributed by atoms with van der Waals surface area (Å²) >= 11 is 0. The molecule has 0 bridgehead atoms. The van der Waals surface area contributed by atoms with Crippen molar-refractivity contribution in [3.05, 3.63) is 12.4 Å². The molecule has 0 radical (unpaired) electrons. The fourth-order valence-corrected chi connectivity index (χ4v) is 2.67. The molecular formula is C11H19N3O2S. The number of nitrogens with one attached hydrogen (secondary N) is 1. The number of nitrogens with zero attached hydrogens (tertiary/aromatic N) is 2. The van der Waals surface area contributed by atoms with E-state index in [-0.39, 0.29) is 0 Å². The summed E-state index contributed by atoms with van der Waals surface area (Å²) in [4.78, 5) is 0.300. The highest BCUT2D eigenvalue weighted by molar-refractivity contribution is 7.90. The average Bonchev–Trinajstić information content (AvgIpc) is 2.76. The summed E-state index contributed by atoms with van der Waals surface area (Å²) in [6.45, 7) is 1.87. The molecular weight excluding hydrogens is 238 g/mol. The highest BCUT2D eigenvalue weighted by Crippen LogP contribution is 2.12. The number of sulfone groups is 1. The van der Waals surface area contributed by atoms with Gasteiger partial charge in [0.1, 0.15) is 4.90 Å². The maximum absolute atomic E-state index is 11.3.